The Morgan fingerprint density at radius 1 is 0.967 bits per heavy atom. The van der Waals surface area contributed by atoms with Crippen LogP contribution in [-0.2, 0) is 6.42 Å². The van der Waals surface area contributed by atoms with Gasteiger partial charge in [0.2, 0.25) is 4.96 Å². The summed E-state index contributed by atoms with van der Waals surface area (Å²) in [6.07, 6.45) is 1.97. The molecular weight excluding hydrogens is 401 g/mol. The van der Waals surface area contributed by atoms with Crippen molar-refractivity contribution in [3.05, 3.63) is 115 Å². The Morgan fingerprint density at radius 3 is 2.57 bits per heavy atom. The molecule has 3 aromatic carbocycles. The summed E-state index contributed by atoms with van der Waals surface area (Å²) < 4.78 is 14.7. The molecule has 0 spiro atoms. The van der Waals surface area contributed by atoms with E-state index in [-0.39, 0.29) is 28.5 Å². The quantitative estimate of drug-likeness (QED) is 0.455. The van der Waals surface area contributed by atoms with Crippen molar-refractivity contribution < 1.29 is 4.39 Å². The molecule has 0 bridgehead atoms. The van der Waals surface area contributed by atoms with Crippen molar-refractivity contribution in [3.8, 4) is 0 Å². The molecule has 0 aliphatic carbocycles. The smallest absolute Gasteiger partial charge is 0.266 e. The number of nitrogens with zero attached hydrogens (tertiary/aromatic N) is 3. The van der Waals surface area contributed by atoms with E-state index < -0.39 is 5.56 Å². The minimum atomic E-state index is -0.489. The zero-order valence-electron chi connectivity index (χ0n) is 15.6. The van der Waals surface area contributed by atoms with E-state index in [0.29, 0.717) is 10.1 Å². The molecule has 5 nitrogen and oxygen atoms in total. The number of aromatic nitrogens is 3. The Bertz CT molecular complexity index is 1570. The fraction of sp³-hybridized carbons (Fsp3) is 0.0435. The molecule has 0 amide bonds. The molecule has 0 atom stereocenters. The van der Waals surface area contributed by atoms with E-state index in [1.54, 1.807) is 18.2 Å². The summed E-state index contributed by atoms with van der Waals surface area (Å²) in [4.78, 5) is 29.6. The number of halogens is 1. The Morgan fingerprint density at radius 2 is 1.73 bits per heavy atom. The number of fused-ring (bicyclic) bond motifs is 2. The SMILES string of the molecule is O=c1nc2s/c(=C/c3cccc4ccccc34)c(=O)n2nc1Cc1ccc(F)cc1. The second kappa shape index (κ2) is 7.27. The van der Waals surface area contributed by atoms with Gasteiger partial charge in [0, 0.05) is 6.42 Å². The summed E-state index contributed by atoms with van der Waals surface area (Å²) >= 11 is 1.13. The van der Waals surface area contributed by atoms with Crippen LogP contribution in [0.2, 0.25) is 0 Å². The van der Waals surface area contributed by atoms with E-state index >= 15 is 0 Å². The number of hydrogen-bond acceptors (Lipinski definition) is 5. The first kappa shape index (κ1) is 18.3. The minimum Gasteiger partial charge on any atom is -0.266 e. The largest absolute Gasteiger partial charge is 0.296 e. The molecule has 5 aromatic rings. The van der Waals surface area contributed by atoms with Gasteiger partial charge in [-0.05, 0) is 40.1 Å². The molecule has 2 aromatic heterocycles. The molecule has 0 saturated heterocycles. The lowest BCUT2D eigenvalue weighted by Crippen LogP contribution is -2.28. The summed E-state index contributed by atoms with van der Waals surface area (Å²) in [7, 11) is 0. The van der Waals surface area contributed by atoms with E-state index in [1.165, 1.54) is 16.6 Å². The number of rotatable bonds is 3. The van der Waals surface area contributed by atoms with Crippen LogP contribution in [0.1, 0.15) is 16.8 Å². The van der Waals surface area contributed by atoms with Gasteiger partial charge in [-0.2, -0.15) is 14.6 Å². The Labute approximate surface area is 173 Å². The molecule has 0 saturated carbocycles. The molecule has 7 heteroatoms. The first-order chi connectivity index (χ1) is 14.6. The van der Waals surface area contributed by atoms with Gasteiger partial charge < -0.3 is 0 Å². The van der Waals surface area contributed by atoms with Crippen LogP contribution in [0.15, 0.2) is 76.3 Å². The molecule has 30 heavy (non-hydrogen) atoms. The third-order valence-corrected chi connectivity index (χ3v) is 5.80. The second-order valence-electron chi connectivity index (χ2n) is 6.85. The van der Waals surface area contributed by atoms with E-state index in [1.807, 2.05) is 42.5 Å². The standard InChI is InChI=1S/C23H14FN3O2S/c24-17-10-8-14(9-11-17)12-19-21(28)25-23-27(26-19)22(29)20(30-23)13-16-6-3-5-15-4-1-2-7-18(15)16/h1-11,13H,12H2/b20-13+. The van der Waals surface area contributed by atoms with Crippen LogP contribution in [0.25, 0.3) is 21.8 Å². The second-order valence-corrected chi connectivity index (χ2v) is 7.85. The van der Waals surface area contributed by atoms with Crippen LogP contribution in [0, 0.1) is 5.82 Å². The number of thiazole rings is 1. The molecule has 0 unspecified atom stereocenters. The van der Waals surface area contributed by atoms with Crippen LogP contribution in [-0.4, -0.2) is 14.6 Å². The van der Waals surface area contributed by atoms with Gasteiger partial charge >= 0.3 is 0 Å². The number of hydrogen-bond donors (Lipinski definition) is 0. The predicted octanol–water partition coefficient (Wildman–Crippen LogP) is 2.94. The Hall–Kier alpha value is -3.71. The van der Waals surface area contributed by atoms with E-state index in [9.17, 15) is 14.0 Å². The molecule has 0 fully saturated rings. The van der Waals surface area contributed by atoms with E-state index in [4.69, 9.17) is 0 Å². The molecule has 0 aliphatic heterocycles. The summed E-state index contributed by atoms with van der Waals surface area (Å²) in [5, 5.41) is 6.35. The van der Waals surface area contributed by atoms with Gasteiger partial charge in [0.05, 0.1) is 4.53 Å². The van der Waals surface area contributed by atoms with Crippen LogP contribution in [0.3, 0.4) is 0 Å². The zero-order valence-corrected chi connectivity index (χ0v) is 16.4. The van der Waals surface area contributed by atoms with E-state index in [2.05, 4.69) is 10.1 Å². The molecular formula is C23H14FN3O2S. The van der Waals surface area contributed by atoms with Crippen LogP contribution in [0.5, 0.6) is 0 Å². The average molecular weight is 415 g/mol. The summed E-state index contributed by atoms with van der Waals surface area (Å²) in [6, 6.07) is 19.6. The van der Waals surface area contributed by atoms with Crippen LogP contribution >= 0.6 is 11.3 Å². The van der Waals surface area contributed by atoms with E-state index in [0.717, 1.165) is 27.7 Å². The maximum atomic E-state index is 13.1. The van der Waals surface area contributed by atoms with Crippen molar-refractivity contribution in [1.29, 1.82) is 0 Å². The first-order valence-corrected chi connectivity index (χ1v) is 10.1. The zero-order chi connectivity index (χ0) is 20.7. The Balaban J connectivity index is 1.64. The lowest BCUT2D eigenvalue weighted by atomic mass is 10.0. The topological polar surface area (TPSA) is 64.3 Å². The van der Waals surface area contributed by atoms with Gasteiger partial charge in [-0.3, -0.25) is 9.59 Å². The van der Waals surface area contributed by atoms with Gasteiger partial charge in [-0.15, -0.1) is 0 Å². The molecule has 0 radical (unpaired) electrons. The maximum Gasteiger partial charge on any atom is 0.296 e. The third kappa shape index (κ3) is 3.29. The minimum absolute atomic E-state index is 0.144. The summed E-state index contributed by atoms with van der Waals surface area (Å²) in [5.41, 5.74) is 0.956. The lowest BCUT2D eigenvalue weighted by molar-refractivity contribution is 0.627. The normalized spacial score (nSPS) is 12.1. The number of benzene rings is 3. The monoisotopic (exact) mass is 415 g/mol. The van der Waals surface area contributed by atoms with Crippen molar-refractivity contribution >= 4 is 33.1 Å². The molecule has 0 N–H and O–H groups in total. The van der Waals surface area contributed by atoms with Crippen molar-refractivity contribution in [2.45, 2.75) is 6.42 Å². The highest BCUT2D eigenvalue weighted by atomic mass is 32.1. The highest BCUT2D eigenvalue weighted by Crippen LogP contribution is 2.19. The maximum absolute atomic E-state index is 13.1. The highest BCUT2D eigenvalue weighted by molar-refractivity contribution is 7.15. The van der Waals surface area contributed by atoms with Crippen LogP contribution < -0.4 is 15.7 Å². The van der Waals surface area contributed by atoms with Gasteiger partial charge in [-0.25, -0.2) is 4.39 Å². The average Bonchev–Trinajstić information content (AvgIpc) is 3.04. The third-order valence-electron chi connectivity index (χ3n) is 4.85. The van der Waals surface area contributed by atoms with Crippen molar-refractivity contribution in [3.63, 3.8) is 0 Å². The van der Waals surface area contributed by atoms with Crippen molar-refractivity contribution in [2.75, 3.05) is 0 Å². The van der Waals surface area contributed by atoms with Gasteiger partial charge in [0.25, 0.3) is 11.1 Å². The van der Waals surface area contributed by atoms with Gasteiger partial charge in [-0.1, -0.05) is 65.9 Å². The van der Waals surface area contributed by atoms with Crippen molar-refractivity contribution in [1.82, 2.24) is 14.6 Å². The van der Waals surface area contributed by atoms with Gasteiger partial charge in [0.1, 0.15) is 11.5 Å². The molecule has 146 valence electrons. The fourth-order valence-electron chi connectivity index (χ4n) is 3.37. The molecule has 5 rings (SSSR count). The van der Waals surface area contributed by atoms with Gasteiger partial charge in [0.15, 0.2) is 0 Å². The fourth-order valence-corrected chi connectivity index (χ4v) is 4.26. The highest BCUT2D eigenvalue weighted by Gasteiger charge is 2.12. The first-order valence-electron chi connectivity index (χ1n) is 9.25. The predicted molar refractivity (Wildman–Crippen MR) is 115 cm³/mol. The van der Waals surface area contributed by atoms with Crippen LogP contribution in [0.4, 0.5) is 4.39 Å². The van der Waals surface area contributed by atoms with Crippen molar-refractivity contribution in [2.24, 2.45) is 0 Å². The lowest BCUT2D eigenvalue weighted by Gasteiger charge is -2.00. The Kier molecular flexibility index (Phi) is 4.44. The summed E-state index contributed by atoms with van der Waals surface area (Å²) in [5.74, 6) is -0.356. The summed E-state index contributed by atoms with van der Waals surface area (Å²) in [6.45, 7) is 0. The molecule has 0 aliphatic rings. The molecule has 2 heterocycles.